The van der Waals surface area contributed by atoms with Gasteiger partial charge in [-0.2, -0.15) is 9.29 Å². The molecular weight excluding hydrogens is 404 g/mol. The number of sulfonamides is 1. The van der Waals surface area contributed by atoms with Crippen LogP contribution >= 0.6 is 0 Å². The number of nitrogens with one attached hydrogen (secondary N) is 1. The van der Waals surface area contributed by atoms with E-state index in [1.54, 1.807) is 6.07 Å². The van der Waals surface area contributed by atoms with Crippen LogP contribution in [0.5, 0.6) is 0 Å². The van der Waals surface area contributed by atoms with Gasteiger partial charge in [-0.3, -0.25) is 4.79 Å². The average Bonchev–Trinajstić information content (AvgIpc) is 3.15. The second kappa shape index (κ2) is 8.47. The molecule has 1 saturated heterocycles. The van der Waals surface area contributed by atoms with Crippen LogP contribution in [-0.4, -0.2) is 41.9 Å². The summed E-state index contributed by atoms with van der Waals surface area (Å²) in [4.78, 5) is 17.2. The minimum atomic E-state index is -3.56. The summed E-state index contributed by atoms with van der Waals surface area (Å²) in [6.45, 7) is 10.5. The molecule has 8 nitrogen and oxygen atoms in total. The third-order valence-corrected chi connectivity index (χ3v) is 7.36. The van der Waals surface area contributed by atoms with Crippen LogP contribution in [-0.2, 0) is 26.8 Å². The number of nitrogens with zero attached hydrogens (tertiary/aromatic N) is 3. The number of rotatable bonds is 5. The molecule has 1 N–H and O–H groups in total. The van der Waals surface area contributed by atoms with Crippen molar-refractivity contribution in [2.24, 2.45) is 5.92 Å². The van der Waals surface area contributed by atoms with E-state index in [-0.39, 0.29) is 23.8 Å². The molecule has 0 atom stereocenters. The molecule has 1 aromatic carbocycles. The summed E-state index contributed by atoms with van der Waals surface area (Å²) in [5, 5.41) is 6.75. The Labute approximate surface area is 178 Å². The van der Waals surface area contributed by atoms with Crippen LogP contribution in [0.25, 0.3) is 0 Å². The number of carbonyl (C=O) groups is 1. The summed E-state index contributed by atoms with van der Waals surface area (Å²) in [7, 11) is -3.56. The molecule has 3 rings (SSSR count). The van der Waals surface area contributed by atoms with Gasteiger partial charge in [0.25, 0.3) is 0 Å². The van der Waals surface area contributed by atoms with Crippen molar-refractivity contribution in [1.82, 2.24) is 19.8 Å². The molecule has 1 aliphatic heterocycles. The molecule has 9 heteroatoms. The lowest BCUT2D eigenvalue weighted by molar-refractivity contribution is -0.126. The van der Waals surface area contributed by atoms with Crippen molar-refractivity contribution in [2.45, 2.75) is 64.3 Å². The van der Waals surface area contributed by atoms with Crippen molar-refractivity contribution in [3.63, 3.8) is 0 Å². The number of aryl methyl sites for hydroxylation is 2. The standard InChI is InChI=1S/C21H30N4O4S/c1-14-6-7-17(15(2)12-14)30(27,28)25-10-8-16(9-11-25)19(26)22-13-18-23-20(29-24-18)21(3,4)5/h6-7,12,16H,8-11,13H2,1-5H3,(H,22,26). The molecule has 0 spiro atoms. The van der Waals surface area contributed by atoms with Gasteiger partial charge in [0.15, 0.2) is 5.82 Å². The zero-order chi connectivity index (χ0) is 22.1. The Morgan fingerprint density at radius 2 is 1.90 bits per heavy atom. The van der Waals surface area contributed by atoms with Crippen molar-refractivity contribution < 1.29 is 17.7 Å². The molecule has 2 heterocycles. The molecule has 1 amide bonds. The molecule has 0 radical (unpaired) electrons. The molecule has 164 valence electrons. The molecule has 0 bridgehead atoms. The Balaban J connectivity index is 1.56. The van der Waals surface area contributed by atoms with Crippen molar-refractivity contribution in [2.75, 3.05) is 13.1 Å². The summed E-state index contributed by atoms with van der Waals surface area (Å²) < 4.78 is 32.7. The van der Waals surface area contributed by atoms with Gasteiger partial charge in [-0.25, -0.2) is 8.42 Å². The number of piperidine rings is 1. The van der Waals surface area contributed by atoms with Crippen LogP contribution in [0.4, 0.5) is 0 Å². The van der Waals surface area contributed by atoms with Gasteiger partial charge in [0.1, 0.15) is 0 Å². The van der Waals surface area contributed by atoms with E-state index >= 15 is 0 Å². The van der Waals surface area contributed by atoms with Crippen molar-refractivity contribution in [1.29, 1.82) is 0 Å². The molecule has 1 fully saturated rings. The first-order valence-electron chi connectivity index (χ1n) is 10.2. The highest BCUT2D eigenvalue weighted by Crippen LogP contribution is 2.26. The number of hydrogen-bond donors (Lipinski definition) is 1. The van der Waals surface area contributed by atoms with Gasteiger partial charge >= 0.3 is 0 Å². The number of benzene rings is 1. The fourth-order valence-electron chi connectivity index (χ4n) is 3.53. The molecule has 0 unspecified atom stereocenters. The Hall–Kier alpha value is -2.26. The third kappa shape index (κ3) is 4.89. The maximum absolute atomic E-state index is 13.0. The van der Waals surface area contributed by atoms with Crippen LogP contribution in [0.1, 0.15) is 56.5 Å². The summed E-state index contributed by atoms with van der Waals surface area (Å²) in [6.07, 6.45) is 0.963. The van der Waals surface area contributed by atoms with E-state index in [9.17, 15) is 13.2 Å². The highest BCUT2D eigenvalue weighted by Gasteiger charge is 2.33. The molecule has 30 heavy (non-hydrogen) atoms. The van der Waals surface area contributed by atoms with Gasteiger partial charge in [-0.1, -0.05) is 43.6 Å². The number of aromatic nitrogens is 2. The van der Waals surface area contributed by atoms with E-state index in [0.29, 0.717) is 42.5 Å². The van der Waals surface area contributed by atoms with Crippen LogP contribution in [0.3, 0.4) is 0 Å². The largest absolute Gasteiger partial charge is 0.348 e. The van der Waals surface area contributed by atoms with Crippen LogP contribution in [0.15, 0.2) is 27.6 Å². The van der Waals surface area contributed by atoms with E-state index in [1.165, 1.54) is 4.31 Å². The normalized spacial score (nSPS) is 16.6. The molecule has 0 saturated carbocycles. The van der Waals surface area contributed by atoms with Gasteiger partial charge in [0, 0.05) is 24.4 Å². The number of hydrogen-bond acceptors (Lipinski definition) is 6. The minimum absolute atomic E-state index is 0.110. The average molecular weight is 435 g/mol. The van der Waals surface area contributed by atoms with Crippen LogP contribution in [0.2, 0.25) is 0 Å². The predicted molar refractivity (Wildman–Crippen MR) is 112 cm³/mol. The first-order valence-corrected chi connectivity index (χ1v) is 11.6. The van der Waals surface area contributed by atoms with Crippen LogP contribution in [0, 0.1) is 19.8 Å². The fourth-order valence-corrected chi connectivity index (χ4v) is 5.20. The lowest BCUT2D eigenvalue weighted by atomic mass is 9.97. The number of carbonyl (C=O) groups excluding carboxylic acids is 1. The topological polar surface area (TPSA) is 105 Å². The van der Waals surface area contributed by atoms with Crippen LogP contribution < -0.4 is 5.32 Å². The van der Waals surface area contributed by atoms with Crippen molar-refractivity contribution >= 4 is 15.9 Å². The smallest absolute Gasteiger partial charge is 0.243 e. The summed E-state index contributed by atoms with van der Waals surface area (Å²) in [5.74, 6) is 0.616. The maximum atomic E-state index is 13.0. The predicted octanol–water partition coefficient (Wildman–Crippen LogP) is 2.70. The second-order valence-electron chi connectivity index (χ2n) is 8.93. The van der Waals surface area contributed by atoms with Crippen molar-refractivity contribution in [3.8, 4) is 0 Å². The van der Waals surface area contributed by atoms with Gasteiger partial charge in [0.05, 0.1) is 11.4 Å². The quantitative estimate of drug-likeness (QED) is 0.776. The Morgan fingerprint density at radius 3 is 2.47 bits per heavy atom. The summed E-state index contributed by atoms with van der Waals surface area (Å²) in [5.41, 5.74) is 1.52. The number of amides is 1. The second-order valence-corrected chi connectivity index (χ2v) is 10.8. The monoisotopic (exact) mass is 434 g/mol. The summed E-state index contributed by atoms with van der Waals surface area (Å²) in [6, 6.07) is 5.34. The van der Waals surface area contributed by atoms with E-state index in [4.69, 9.17) is 4.52 Å². The fraction of sp³-hybridized carbons (Fsp3) is 0.571. The minimum Gasteiger partial charge on any atom is -0.348 e. The van der Waals surface area contributed by atoms with Gasteiger partial charge in [-0.05, 0) is 38.3 Å². The Kier molecular flexibility index (Phi) is 6.33. The Morgan fingerprint density at radius 1 is 1.23 bits per heavy atom. The van der Waals surface area contributed by atoms with Gasteiger partial charge < -0.3 is 9.84 Å². The first kappa shape index (κ1) is 22.4. The highest BCUT2D eigenvalue weighted by atomic mass is 32.2. The van der Waals surface area contributed by atoms with E-state index in [1.807, 2.05) is 46.8 Å². The third-order valence-electron chi connectivity index (χ3n) is 5.30. The first-order chi connectivity index (χ1) is 14.0. The molecule has 1 aliphatic rings. The van der Waals surface area contributed by atoms with Gasteiger partial charge in [0.2, 0.25) is 21.8 Å². The van der Waals surface area contributed by atoms with E-state index < -0.39 is 10.0 Å². The lowest BCUT2D eigenvalue weighted by Gasteiger charge is -2.30. The highest BCUT2D eigenvalue weighted by molar-refractivity contribution is 7.89. The zero-order valence-electron chi connectivity index (χ0n) is 18.2. The molecule has 1 aromatic heterocycles. The van der Waals surface area contributed by atoms with E-state index in [0.717, 1.165) is 11.1 Å². The van der Waals surface area contributed by atoms with Crippen molar-refractivity contribution in [3.05, 3.63) is 41.0 Å². The molecule has 0 aliphatic carbocycles. The van der Waals surface area contributed by atoms with E-state index in [2.05, 4.69) is 15.5 Å². The Bertz CT molecular complexity index is 1020. The molecular formula is C21H30N4O4S. The lowest BCUT2D eigenvalue weighted by Crippen LogP contribution is -2.43. The van der Waals surface area contributed by atoms with Gasteiger partial charge in [-0.15, -0.1) is 0 Å². The maximum Gasteiger partial charge on any atom is 0.243 e. The summed E-state index contributed by atoms with van der Waals surface area (Å²) >= 11 is 0. The zero-order valence-corrected chi connectivity index (χ0v) is 19.0. The molecule has 2 aromatic rings. The SMILES string of the molecule is Cc1ccc(S(=O)(=O)N2CCC(C(=O)NCc3noc(C(C)(C)C)n3)CC2)c(C)c1.